The van der Waals surface area contributed by atoms with Crippen molar-refractivity contribution in [1.29, 1.82) is 0 Å². The molecule has 0 aromatic rings. The Morgan fingerprint density at radius 2 is 1.50 bits per heavy atom. The van der Waals surface area contributed by atoms with Crippen molar-refractivity contribution >= 4 is 18.8 Å². The number of hydrogen-bond donors (Lipinski definition) is 1. The molecule has 0 radical (unpaired) electrons. The minimum atomic E-state index is -1.71. The molecule has 11 heteroatoms. The fourth-order valence-corrected chi connectivity index (χ4v) is 0.148. The second-order valence-corrected chi connectivity index (χ2v) is 1.01. The molecule has 0 saturated heterocycles. The molecule has 0 rings (SSSR count). The van der Waals surface area contributed by atoms with Gasteiger partial charge in [-0.25, -0.2) is 4.89 Å². The van der Waals surface area contributed by atoms with Crippen LogP contribution in [0.5, 0.6) is 0 Å². The van der Waals surface area contributed by atoms with Crippen LogP contribution in [0.3, 0.4) is 0 Å². The molecule has 14 heavy (non-hydrogen) atoms. The number of carbonyl (C=O) groups excluding carboxylic acids is 3. The first-order chi connectivity index (χ1) is 5.70. The van der Waals surface area contributed by atoms with E-state index in [4.69, 9.17) is 5.26 Å². The van der Waals surface area contributed by atoms with Crippen LogP contribution in [0.4, 0.5) is 9.59 Å². The van der Waals surface area contributed by atoms with Crippen LogP contribution in [0.15, 0.2) is 0 Å². The van der Waals surface area contributed by atoms with Gasteiger partial charge in [0.1, 0.15) is 0 Å². The molecule has 0 spiro atoms. The van der Waals surface area contributed by atoms with E-state index in [0.717, 1.165) is 0 Å². The standard InChI is InChI=1S/C3HO9.2Nd/c4-1-8-10-3(6)12-11-2(5)9-7;;/h7H;;/q-1;;. The second kappa shape index (κ2) is 13.7. The topological polar surface area (TPSA) is 118 Å². The zero-order valence-electron chi connectivity index (χ0n) is 6.21. The van der Waals surface area contributed by atoms with Crippen LogP contribution in [0.25, 0.3) is 0 Å². The van der Waals surface area contributed by atoms with E-state index in [1.165, 1.54) is 0 Å². The molecule has 0 aliphatic carbocycles. The van der Waals surface area contributed by atoms with Gasteiger partial charge in [0.25, 0.3) is 0 Å². The molecule has 0 aliphatic rings. The molecule has 1 N–H and O–H groups in total. The van der Waals surface area contributed by atoms with Crippen LogP contribution in [0, 0.1) is 81.7 Å². The van der Waals surface area contributed by atoms with Gasteiger partial charge in [0.15, 0.2) is 0 Å². The smallest absolute Gasteiger partial charge is 0.494 e. The van der Waals surface area contributed by atoms with Crippen molar-refractivity contribution in [1.82, 2.24) is 0 Å². The summed E-state index contributed by atoms with van der Waals surface area (Å²) in [6, 6.07) is 0. The molecule has 0 atom stereocenters. The summed E-state index contributed by atoms with van der Waals surface area (Å²) in [5.41, 5.74) is 0. The molecule has 76 valence electrons. The van der Waals surface area contributed by atoms with Crippen molar-refractivity contribution < 1.29 is 126 Å². The molecule has 0 heterocycles. The van der Waals surface area contributed by atoms with Crippen LogP contribution in [-0.4, -0.2) is 24.0 Å². The summed E-state index contributed by atoms with van der Waals surface area (Å²) in [6.07, 6.45) is -3.37. The maximum atomic E-state index is 10.1. The van der Waals surface area contributed by atoms with Gasteiger partial charge in [-0.1, -0.05) is 0 Å². The van der Waals surface area contributed by atoms with Crippen molar-refractivity contribution in [3.63, 3.8) is 0 Å². The average Bonchev–Trinajstić information content (AvgIpc) is 2.10. The van der Waals surface area contributed by atoms with E-state index < -0.39 is 12.3 Å². The van der Waals surface area contributed by atoms with Crippen molar-refractivity contribution in [2.45, 2.75) is 0 Å². The molecule has 0 aromatic carbocycles. The summed E-state index contributed by atoms with van der Waals surface area (Å²) in [5, 5.41) is 7.52. The van der Waals surface area contributed by atoms with Crippen molar-refractivity contribution in [2.24, 2.45) is 0 Å². The predicted octanol–water partition coefficient (Wildman–Crippen LogP) is -0.320. The first kappa shape index (κ1) is 20.1. The Hall–Kier alpha value is 0.671. The molecule has 9 nitrogen and oxygen atoms in total. The van der Waals surface area contributed by atoms with E-state index in [9.17, 15) is 14.4 Å². The molecule has 0 bridgehead atoms. The number of carbonyl (C=O) groups is 2. The summed E-state index contributed by atoms with van der Waals surface area (Å²) < 4.78 is 0. The Morgan fingerprint density at radius 1 is 1.00 bits per heavy atom. The maximum absolute atomic E-state index is 10.1. The van der Waals surface area contributed by atoms with E-state index in [-0.39, 0.29) is 81.7 Å². The fraction of sp³-hybridized carbons (Fsp3) is 0. The molecular formula is C3HNd2O9-. The second-order valence-electron chi connectivity index (χ2n) is 1.01. The molecule has 0 fully saturated rings. The van der Waals surface area contributed by atoms with Gasteiger partial charge in [0.05, 0.1) is 0 Å². The van der Waals surface area contributed by atoms with Gasteiger partial charge in [0, 0.05) is 81.7 Å². The summed E-state index contributed by atoms with van der Waals surface area (Å²) in [7, 11) is 0. The van der Waals surface area contributed by atoms with Crippen LogP contribution < -0.4 is 0 Å². The summed E-state index contributed by atoms with van der Waals surface area (Å²) in [4.78, 5) is 45.5. The quantitative estimate of drug-likeness (QED) is 0.330. The van der Waals surface area contributed by atoms with Gasteiger partial charge in [-0.2, -0.15) is 24.6 Å². The van der Waals surface area contributed by atoms with Gasteiger partial charge in [-0.15, -0.1) is 0 Å². The molecular weight excluding hydrogens is 469 g/mol. The van der Waals surface area contributed by atoms with Crippen LogP contribution in [-0.2, 0) is 29.2 Å². The number of hydrogen-bond acceptors (Lipinski definition) is 9. The maximum Gasteiger partial charge on any atom is 0.589 e. The third-order valence-electron chi connectivity index (χ3n) is 0.396. The van der Waals surface area contributed by atoms with Crippen molar-refractivity contribution in [3.05, 3.63) is 0 Å². The van der Waals surface area contributed by atoms with Crippen molar-refractivity contribution in [3.8, 4) is 0 Å². The summed E-state index contributed by atoms with van der Waals surface area (Å²) in [6.45, 7) is 0.706. The number of rotatable bonds is 2. The summed E-state index contributed by atoms with van der Waals surface area (Å²) in [5.74, 6) is 0. The summed E-state index contributed by atoms with van der Waals surface area (Å²) >= 11 is 0. The minimum Gasteiger partial charge on any atom is -0.494 e. The SMILES string of the molecule is O=[C-]OOC(=O)OOC(=O)OO.[Nd].[Nd]. The third-order valence-corrected chi connectivity index (χ3v) is 0.396. The van der Waals surface area contributed by atoms with E-state index in [1.54, 1.807) is 0 Å². The Balaban J connectivity index is -0.000000605. The minimum absolute atomic E-state index is 0. The zero-order chi connectivity index (χ0) is 9.40. The fourth-order valence-electron chi connectivity index (χ4n) is 0.148. The van der Waals surface area contributed by atoms with E-state index in [1.807, 2.05) is 0 Å². The molecule has 0 amide bonds. The van der Waals surface area contributed by atoms with Crippen LogP contribution in [0.1, 0.15) is 0 Å². The van der Waals surface area contributed by atoms with Crippen molar-refractivity contribution in [2.75, 3.05) is 0 Å². The normalized spacial score (nSPS) is 6.64. The largest absolute Gasteiger partial charge is 0.589 e. The first-order valence-electron chi connectivity index (χ1n) is 2.15. The van der Waals surface area contributed by atoms with E-state index in [2.05, 4.69) is 24.4 Å². The van der Waals surface area contributed by atoms with Gasteiger partial charge in [-0.3, -0.25) is 4.89 Å². The van der Waals surface area contributed by atoms with Gasteiger partial charge >= 0.3 is 12.3 Å². The Labute approximate surface area is 142 Å². The first-order valence-corrected chi connectivity index (χ1v) is 2.15. The molecule has 0 aliphatic heterocycles. The zero-order valence-corrected chi connectivity index (χ0v) is 12.6. The van der Waals surface area contributed by atoms with Gasteiger partial charge in [-0.05, 0) is 6.47 Å². The predicted molar refractivity (Wildman–Crippen MR) is 24.5 cm³/mol. The average molecular weight is 470 g/mol. The van der Waals surface area contributed by atoms with Gasteiger partial charge < -0.3 is 9.68 Å². The molecule has 0 aromatic heterocycles. The van der Waals surface area contributed by atoms with E-state index >= 15 is 0 Å². The third kappa shape index (κ3) is 12.7. The molecule has 0 unspecified atom stereocenters. The Morgan fingerprint density at radius 3 is 1.93 bits per heavy atom. The van der Waals surface area contributed by atoms with Crippen LogP contribution in [0.2, 0.25) is 0 Å². The Kier molecular flexibility index (Phi) is 19.7. The molecule has 0 saturated carbocycles. The monoisotopic (exact) mass is 465 g/mol. The Bertz CT molecular complexity index is 181. The van der Waals surface area contributed by atoms with E-state index in [0.29, 0.717) is 6.47 Å². The van der Waals surface area contributed by atoms with Crippen LogP contribution >= 0.6 is 0 Å². The van der Waals surface area contributed by atoms with Gasteiger partial charge in [0.2, 0.25) is 0 Å².